The van der Waals surface area contributed by atoms with Crippen molar-refractivity contribution in [3.05, 3.63) is 46.1 Å². The number of H-pyrrole nitrogens is 1. The summed E-state index contributed by atoms with van der Waals surface area (Å²) in [5.74, 6) is 0.0292. The van der Waals surface area contributed by atoms with Crippen LogP contribution in [0.2, 0.25) is 0 Å². The number of nitro benzene ring substituents is 1. The van der Waals surface area contributed by atoms with E-state index in [9.17, 15) is 14.9 Å². The number of nitrogens with one attached hydrogen (secondary N) is 2. The second kappa shape index (κ2) is 5.17. The van der Waals surface area contributed by atoms with Crippen LogP contribution in [-0.4, -0.2) is 28.1 Å². The Balaban J connectivity index is 2.27. The Labute approximate surface area is 107 Å². The number of nitrogens with zero attached hydrogens (tertiary/aromatic N) is 2. The third-order valence-corrected chi connectivity index (χ3v) is 2.39. The summed E-state index contributed by atoms with van der Waals surface area (Å²) in [4.78, 5) is 22.1. The quantitative estimate of drug-likeness (QED) is 0.642. The summed E-state index contributed by atoms with van der Waals surface area (Å²) in [6.45, 7) is 0. The van der Waals surface area contributed by atoms with Gasteiger partial charge < -0.3 is 10.1 Å². The number of rotatable bonds is 4. The van der Waals surface area contributed by atoms with Gasteiger partial charge in [0.2, 0.25) is 0 Å². The van der Waals surface area contributed by atoms with Gasteiger partial charge in [-0.3, -0.25) is 20.0 Å². The molecule has 0 fully saturated rings. The average molecular weight is 262 g/mol. The van der Waals surface area contributed by atoms with Crippen LogP contribution in [0, 0.1) is 10.1 Å². The molecule has 2 rings (SSSR count). The predicted molar refractivity (Wildman–Crippen MR) is 66.2 cm³/mol. The maximum absolute atomic E-state index is 11.9. The minimum absolute atomic E-state index is 0.100. The zero-order chi connectivity index (χ0) is 13.8. The summed E-state index contributed by atoms with van der Waals surface area (Å²) in [5.41, 5.74) is -0.109. The number of hydrogen-bond acceptors (Lipinski definition) is 5. The van der Waals surface area contributed by atoms with Crippen LogP contribution in [0.1, 0.15) is 10.4 Å². The molecule has 0 aliphatic carbocycles. The fourth-order valence-electron chi connectivity index (χ4n) is 1.49. The van der Waals surface area contributed by atoms with Crippen LogP contribution in [0.5, 0.6) is 5.75 Å². The van der Waals surface area contributed by atoms with Gasteiger partial charge in [-0.05, 0) is 12.1 Å². The van der Waals surface area contributed by atoms with Crippen molar-refractivity contribution in [2.24, 2.45) is 0 Å². The number of hydrogen-bond donors (Lipinski definition) is 2. The first-order chi connectivity index (χ1) is 9.11. The second-order valence-corrected chi connectivity index (χ2v) is 3.57. The van der Waals surface area contributed by atoms with Crippen molar-refractivity contribution >= 4 is 17.4 Å². The monoisotopic (exact) mass is 262 g/mol. The van der Waals surface area contributed by atoms with Crippen LogP contribution in [0.15, 0.2) is 30.5 Å². The van der Waals surface area contributed by atoms with Crippen molar-refractivity contribution in [3.8, 4) is 5.75 Å². The molecule has 19 heavy (non-hydrogen) atoms. The van der Waals surface area contributed by atoms with E-state index in [-0.39, 0.29) is 17.0 Å². The molecule has 1 aromatic heterocycles. The fourth-order valence-corrected chi connectivity index (χ4v) is 1.49. The Morgan fingerprint density at radius 3 is 2.84 bits per heavy atom. The van der Waals surface area contributed by atoms with Gasteiger partial charge in [0.05, 0.1) is 18.2 Å². The molecule has 1 heterocycles. The summed E-state index contributed by atoms with van der Waals surface area (Å²) in [7, 11) is 1.33. The van der Waals surface area contributed by atoms with Crippen LogP contribution in [0.3, 0.4) is 0 Å². The largest absolute Gasteiger partial charge is 0.490 e. The molecule has 2 N–H and O–H groups in total. The normalized spacial score (nSPS) is 9.95. The van der Waals surface area contributed by atoms with E-state index in [4.69, 9.17) is 4.74 Å². The molecule has 2 aromatic rings. The fraction of sp³-hybridized carbons (Fsp3) is 0.0909. The number of nitro groups is 1. The van der Waals surface area contributed by atoms with E-state index < -0.39 is 10.8 Å². The minimum Gasteiger partial charge on any atom is -0.490 e. The van der Waals surface area contributed by atoms with Crippen LogP contribution >= 0.6 is 0 Å². The van der Waals surface area contributed by atoms with E-state index in [1.54, 1.807) is 6.07 Å². The van der Waals surface area contributed by atoms with Gasteiger partial charge in [-0.1, -0.05) is 0 Å². The third-order valence-electron chi connectivity index (χ3n) is 2.39. The highest BCUT2D eigenvalue weighted by molar-refractivity contribution is 6.04. The van der Waals surface area contributed by atoms with E-state index in [0.29, 0.717) is 5.82 Å². The number of aromatic amines is 1. The molecule has 0 saturated heterocycles. The second-order valence-electron chi connectivity index (χ2n) is 3.57. The lowest BCUT2D eigenvalue weighted by atomic mass is 10.1. The standard InChI is InChI=1S/C11H10N4O4/c1-19-9-3-2-7(6-8(9)15(17)18)11(16)13-10-4-5-12-14-10/h2-6H,1H3,(H2,12,13,14,16). The van der Waals surface area contributed by atoms with Gasteiger partial charge in [-0.15, -0.1) is 0 Å². The van der Waals surface area contributed by atoms with Crippen LogP contribution in [-0.2, 0) is 0 Å². The molecule has 1 amide bonds. The molecule has 8 heteroatoms. The van der Waals surface area contributed by atoms with Crippen molar-refractivity contribution in [2.45, 2.75) is 0 Å². The maximum atomic E-state index is 11.9. The summed E-state index contributed by atoms with van der Waals surface area (Å²) >= 11 is 0. The Bertz CT molecular complexity index is 609. The van der Waals surface area contributed by atoms with Crippen LogP contribution in [0.25, 0.3) is 0 Å². The van der Waals surface area contributed by atoms with E-state index in [1.165, 1.54) is 25.4 Å². The van der Waals surface area contributed by atoms with Crippen LogP contribution in [0.4, 0.5) is 11.5 Å². The molecule has 0 aliphatic rings. The smallest absolute Gasteiger partial charge is 0.311 e. The van der Waals surface area contributed by atoms with Crippen LogP contribution < -0.4 is 10.1 Å². The molecule has 0 saturated carbocycles. The number of carbonyl (C=O) groups excluding carboxylic acids is 1. The Morgan fingerprint density at radius 2 is 2.26 bits per heavy atom. The summed E-state index contributed by atoms with van der Waals surface area (Å²) in [6, 6.07) is 5.54. The highest BCUT2D eigenvalue weighted by Crippen LogP contribution is 2.27. The molecule has 0 unspecified atom stereocenters. The topological polar surface area (TPSA) is 110 Å². The highest BCUT2D eigenvalue weighted by atomic mass is 16.6. The van der Waals surface area contributed by atoms with E-state index in [2.05, 4.69) is 15.5 Å². The number of methoxy groups -OCH3 is 1. The Hall–Kier alpha value is -2.90. The van der Waals surface area contributed by atoms with Gasteiger partial charge in [0.25, 0.3) is 5.91 Å². The van der Waals surface area contributed by atoms with Crippen molar-refractivity contribution in [1.82, 2.24) is 10.2 Å². The molecule has 8 nitrogen and oxygen atoms in total. The molecule has 0 spiro atoms. The number of carbonyl (C=O) groups is 1. The third kappa shape index (κ3) is 2.68. The SMILES string of the molecule is COc1ccc(C(=O)Nc2ccn[nH]2)cc1[N+](=O)[O-]. The number of benzene rings is 1. The first kappa shape index (κ1) is 12.6. The molecule has 0 atom stereocenters. The Morgan fingerprint density at radius 1 is 1.47 bits per heavy atom. The minimum atomic E-state index is -0.605. The lowest BCUT2D eigenvalue weighted by Crippen LogP contribution is -2.12. The average Bonchev–Trinajstić information content (AvgIpc) is 2.90. The number of aromatic nitrogens is 2. The van der Waals surface area contributed by atoms with Crippen molar-refractivity contribution in [2.75, 3.05) is 12.4 Å². The lowest BCUT2D eigenvalue weighted by Gasteiger charge is -2.05. The molecular formula is C11H10N4O4. The van der Waals surface area contributed by atoms with Gasteiger partial charge in [0.1, 0.15) is 5.82 Å². The van der Waals surface area contributed by atoms with Crippen molar-refractivity contribution in [1.29, 1.82) is 0 Å². The highest BCUT2D eigenvalue weighted by Gasteiger charge is 2.18. The van der Waals surface area contributed by atoms with Gasteiger partial charge >= 0.3 is 5.69 Å². The number of amides is 1. The molecule has 0 radical (unpaired) electrons. The zero-order valence-corrected chi connectivity index (χ0v) is 9.91. The summed E-state index contributed by atoms with van der Waals surface area (Å²) < 4.78 is 4.86. The molecule has 0 bridgehead atoms. The number of anilines is 1. The van der Waals surface area contributed by atoms with Gasteiger partial charge in [0, 0.05) is 17.7 Å². The first-order valence-electron chi connectivity index (χ1n) is 5.25. The lowest BCUT2D eigenvalue weighted by molar-refractivity contribution is -0.385. The van der Waals surface area contributed by atoms with Gasteiger partial charge in [-0.25, -0.2) is 0 Å². The van der Waals surface area contributed by atoms with E-state index in [1.807, 2.05) is 0 Å². The van der Waals surface area contributed by atoms with Gasteiger partial charge in [-0.2, -0.15) is 5.10 Å². The molecule has 1 aromatic carbocycles. The molecule has 0 aliphatic heterocycles. The molecular weight excluding hydrogens is 252 g/mol. The van der Waals surface area contributed by atoms with Gasteiger partial charge in [0.15, 0.2) is 5.75 Å². The van der Waals surface area contributed by atoms with E-state index >= 15 is 0 Å². The predicted octanol–water partition coefficient (Wildman–Crippen LogP) is 1.58. The molecule has 98 valence electrons. The summed E-state index contributed by atoms with van der Waals surface area (Å²) in [5, 5.41) is 19.6. The number of ether oxygens (including phenoxy) is 1. The van der Waals surface area contributed by atoms with Crippen molar-refractivity contribution < 1.29 is 14.5 Å². The maximum Gasteiger partial charge on any atom is 0.311 e. The summed E-state index contributed by atoms with van der Waals surface area (Å²) in [6.07, 6.45) is 1.48. The zero-order valence-electron chi connectivity index (χ0n) is 9.91. The van der Waals surface area contributed by atoms with E-state index in [0.717, 1.165) is 6.07 Å². The van der Waals surface area contributed by atoms with Crippen molar-refractivity contribution in [3.63, 3.8) is 0 Å². The first-order valence-corrected chi connectivity index (χ1v) is 5.25. The Kier molecular flexibility index (Phi) is 3.42.